The van der Waals surface area contributed by atoms with Crippen LogP contribution in [0.25, 0.3) is 122 Å². The van der Waals surface area contributed by atoms with Crippen LogP contribution < -0.4 is 0 Å². The monoisotopic (exact) mass is 890 g/mol. The van der Waals surface area contributed by atoms with E-state index in [4.69, 9.17) is 0 Å². The minimum absolute atomic E-state index is 1.10. The van der Waals surface area contributed by atoms with Gasteiger partial charge in [-0.3, -0.25) is 0 Å². The van der Waals surface area contributed by atoms with Crippen molar-refractivity contribution in [3.8, 4) is 89.8 Å². The third-order valence-electron chi connectivity index (χ3n) is 14.0. The summed E-state index contributed by atoms with van der Waals surface area (Å²) in [5, 5.41) is 7.27. The van der Waals surface area contributed by atoms with Crippen molar-refractivity contribution >= 4 is 32.3 Å². The van der Waals surface area contributed by atoms with Crippen LogP contribution >= 0.6 is 0 Å². The quantitative estimate of drug-likeness (QED) is 0.128. The van der Waals surface area contributed by atoms with Crippen LogP contribution in [0.2, 0.25) is 0 Å². The van der Waals surface area contributed by atoms with Crippen molar-refractivity contribution in [3.05, 3.63) is 279 Å². The Bertz CT molecular complexity index is 3880. The Kier molecular flexibility index (Phi) is 10.2. The topological polar surface area (TPSA) is 9.86 Å². The molecule has 11 aromatic carbocycles. The van der Waals surface area contributed by atoms with E-state index in [1.807, 2.05) is 0 Å². The fourth-order valence-corrected chi connectivity index (χ4v) is 10.8. The lowest BCUT2D eigenvalue weighted by atomic mass is 9.85. The molecule has 2 nitrogen and oxygen atoms in total. The van der Waals surface area contributed by atoms with E-state index in [1.54, 1.807) is 0 Å². The van der Waals surface area contributed by atoms with Crippen molar-refractivity contribution in [2.24, 2.45) is 0 Å². The molecule has 2 heterocycles. The van der Waals surface area contributed by atoms with Crippen LogP contribution in [0.3, 0.4) is 0 Å². The highest BCUT2D eigenvalue weighted by Gasteiger charge is 2.22. The summed E-state index contributed by atoms with van der Waals surface area (Å²) in [7, 11) is 0. The second-order valence-corrected chi connectivity index (χ2v) is 18.0. The summed E-state index contributed by atoms with van der Waals surface area (Å²) in [5.41, 5.74) is 18.6. The number of hydrogen-bond acceptors (Lipinski definition) is 0. The molecule has 2 heteroatoms. The van der Waals surface area contributed by atoms with Crippen molar-refractivity contribution in [1.82, 2.24) is 9.13 Å². The number of rotatable bonds is 9. The van der Waals surface area contributed by atoms with E-state index in [9.17, 15) is 0 Å². The largest absolute Gasteiger partial charge is 0.309 e. The molecule has 0 unspecified atom stereocenters. The Labute approximate surface area is 408 Å². The molecule has 0 bridgehead atoms. The molecule has 0 saturated carbocycles. The van der Waals surface area contributed by atoms with E-state index in [2.05, 4.69) is 288 Å². The van der Waals surface area contributed by atoms with Crippen LogP contribution in [0, 0.1) is 0 Å². The minimum atomic E-state index is 1.10. The van der Waals surface area contributed by atoms with E-state index >= 15 is 0 Å². The van der Waals surface area contributed by atoms with E-state index in [0.29, 0.717) is 0 Å². The number of hydrogen-bond donors (Lipinski definition) is 0. The first-order valence-electron chi connectivity index (χ1n) is 24.1. The molecule has 0 spiro atoms. The zero-order valence-electron chi connectivity index (χ0n) is 38.5. The molecule has 328 valence electrons. The molecule has 0 radical (unpaired) electrons. The first kappa shape index (κ1) is 41.0. The maximum absolute atomic E-state index is 2.44. The van der Waals surface area contributed by atoms with Crippen LogP contribution in [0.1, 0.15) is 0 Å². The van der Waals surface area contributed by atoms with Gasteiger partial charge in [-0.15, -0.1) is 0 Å². The van der Waals surface area contributed by atoms with Crippen LogP contribution in [-0.4, -0.2) is 9.13 Å². The van der Waals surface area contributed by atoms with Crippen LogP contribution in [0.5, 0.6) is 0 Å². The van der Waals surface area contributed by atoms with Crippen molar-refractivity contribution in [1.29, 1.82) is 0 Å². The zero-order valence-corrected chi connectivity index (χ0v) is 38.5. The Balaban J connectivity index is 1.11. The second kappa shape index (κ2) is 17.4. The van der Waals surface area contributed by atoms with Gasteiger partial charge in [0.05, 0.1) is 22.8 Å². The molecule has 13 aromatic rings. The van der Waals surface area contributed by atoms with E-state index in [-0.39, 0.29) is 0 Å². The van der Waals surface area contributed by atoms with Gasteiger partial charge >= 0.3 is 0 Å². The Morgan fingerprint density at radius 3 is 0.971 bits per heavy atom. The minimum Gasteiger partial charge on any atom is -0.309 e. The van der Waals surface area contributed by atoms with Crippen molar-refractivity contribution in [2.75, 3.05) is 0 Å². The third-order valence-corrected chi connectivity index (χ3v) is 14.0. The Hall–Kier alpha value is -9.24. The van der Waals surface area contributed by atoms with E-state index < -0.39 is 0 Å². The fraction of sp³-hybridized carbons (Fsp3) is 0. The molecule has 13 rings (SSSR count). The summed E-state index contributed by atoms with van der Waals surface area (Å²) in [5.74, 6) is 0. The summed E-state index contributed by atoms with van der Waals surface area (Å²) < 4.78 is 4.88. The summed E-state index contributed by atoms with van der Waals surface area (Å²) >= 11 is 0. The van der Waals surface area contributed by atoms with Gasteiger partial charge in [-0.1, -0.05) is 231 Å². The Morgan fingerprint density at radius 2 is 0.543 bits per heavy atom. The van der Waals surface area contributed by atoms with Gasteiger partial charge in [0.25, 0.3) is 0 Å². The Morgan fingerprint density at radius 1 is 0.200 bits per heavy atom. The van der Waals surface area contributed by atoms with Gasteiger partial charge in [-0.05, 0) is 136 Å². The van der Waals surface area contributed by atoms with Crippen LogP contribution in [0.4, 0.5) is 0 Å². The van der Waals surface area contributed by atoms with Crippen LogP contribution in [0.15, 0.2) is 279 Å². The molecule has 0 aliphatic carbocycles. The normalized spacial score (nSPS) is 11.4. The van der Waals surface area contributed by atoms with Crippen molar-refractivity contribution in [2.45, 2.75) is 0 Å². The summed E-state index contributed by atoms with van der Waals surface area (Å²) in [6, 6.07) is 102. The predicted molar refractivity (Wildman–Crippen MR) is 296 cm³/mol. The molecule has 70 heavy (non-hydrogen) atoms. The first-order valence-corrected chi connectivity index (χ1v) is 24.1. The molecule has 2 aromatic heterocycles. The smallest absolute Gasteiger partial charge is 0.0535 e. The van der Waals surface area contributed by atoms with Gasteiger partial charge in [0.2, 0.25) is 0 Å². The van der Waals surface area contributed by atoms with Gasteiger partial charge in [-0.2, -0.15) is 0 Å². The number of aromatic nitrogens is 2. The molecule has 0 aliphatic rings. The van der Waals surface area contributed by atoms with Gasteiger partial charge in [-0.25, -0.2) is 0 Å². The average molecular weight is 891 g/mol. The van der Waals surface area contributed by atoms with Crippen molar-refractivity contribution in [3.63, 3.8) is 0 Å². The third kappa shape index (κ3) is 7.13. The number of fused-ring (bicyclic) bond motifs is 3. The fourth-order valence-electron chi connectivity index (χ4n) is 10.8. The van der Waals surface area contributed by atoms with Gasteiger partial charge in [0.15, 0.2) is 0 Å². The predicted octanol–water partition coefficient (Wildman–Crippen LogP) is 18.4. The lowest BCUT2D eigenvalue weighted by Crippen LogP contribution is -2.02. The van der Waals surface area contributed by atoms with Crippen molar-refractivity contribution < 1.29 is 0 Å². The SMILES string of the molecule is c1ccc(-c2c3ccc(-n4c(-c5ccccc5)ccc4-c4ccccc4)cc3c(-c3ccc(-c4cccc5ccccc45)cc3)c3ccc(-n4c(-c5ccccc5)ccc4-c4ccccc4)cc23)cc1. The average Bonchev–Trinajstić information content (AvgIpc) is 4.10. The standard InChI is InChI=1S/C68H46N2/c1-6-20-49(21-7-1)63-41-42-64(50-22-8-2-9-23-50)69(63)55-38-40-60-61(45-55)67(53-28-14-5-15-29-53)59-39-37-56(70-65(51-24-10-3-11-25-51)43-44-66(70)52-26-12-4-13-27-52)46-62(59)68(60)54-35-33-48(34-36-54)58-32-18-30-47-19-16-17-31-57(47)58/h1-46H. The van der Waals surface area contributed by atoms with Crippen LogP contribution in [-0.2, 0) is 0 Å². The lowest BCUT2D eigenvalue weighted by Gasteiger charge is -2.22. The molecule has 0 atom stereocenters. The summed E-state index contributed by atoms with van der Waals surface area (Å²) in [6.45, 7) is 0. The van der Waals surface area contributed by atoms with Gasteiger partial charge in [0, 0.05) is 11.4 Å². The molecular weight excluding hydrogens is 845 g/mol. The van der Waals surface area contributed by atoms with E-state index in [1.165, 1.54) is 88.0 Å². The highest BCUT2D eigenvalue weighted by atomic mass is 15.0. The number of benzene rings is 11. The van der Waals surface area contributed by atoms with Gasteiger partial charge in [0.1, 0.15) is 0 Å². The molecule has 0 aliphatic heterocycles. The summed E-state index contributed by atoms with van der Waals surface area (Å²) in [6.07, 6.45) is 0. The maximum Gasteiger partial charge on any atom is 0.0535 e. The lowest BCUT2D eigenvalue weighted by molar-refractivity contribution is 1.10. The van der Waals surface area contributed by atoms with Gasteiger partial charge < -0.3 is 9.13 Å². The molecule has 0 saturated heterocycles. The first-order chi connectivity index (χ1) is 34.7. The summed E-state index contributed by atoms with van der Waals surface area (Å²) in [4.78, 5) is 0. The highest BCUT2D eigenvalue weighted by molar-refractivity contribution is 6.22. The molecule has 0 amide bonds. The zero-order chi connectivity index (χ0) is 46.4. The van der Waals surface area contributed by atoms with E-state index in [0.717, 1.165) is 34.2 Å². The number of nitrogens with zero attached hydrogens (tertiary/aromatic N) is 2. The molecular formula is C68H46N2. The molecule has 0 fully saturated rings. The second-order valence-electron chi connectivity index (χ2n) is 18.0. The molecule has 0 N–H and O–H groups in total. The maximum atomic E-state index is 2.44. The highest BCUT2D eigenvalue weighted by Crippen LogP contribution is 2.47.